The third kappa shape index (κ3) is 3.17. The lowest BCUT2D eigenvalue weighted by atomic mass is 10.1. The number of fused-ring (bicyclic) bond motifs is 1. The van der Waals surface area contributed by atoms with Gasteiger partial charge in [-0.15, -0.1) is 0 Å². The lowest BCUT2D eigenvalue weighted by Gasteiger charge is -2.18. The maximum absolute atomic E-state index is 11.9. The largest absolute Gasteiger partial charge is 0.486 e. The molecule has 0 saturated carbocycles. The highest BCUT2D eigenvalue weighted by atomic mass is 32.2. The van der Waals surface area contributed by atoms with Crippen molar-refractivity contribution < 1.29 is 17.9 Å². The molecule has 0 unspecified atom stereocenters. The molecule has 0 saturated heterocycles. The third-order valence-corrected chi connectivity index (χ3v) is 4.52. The molecule has 21 heavy (non-hydrogen) atoms. The van der Waals surface area contributed by atoms with Crippen molar-refractivity contribution in [2.45, 2.75) is 11.3 Å². The molecule has 0 aliphatic carbocycles. The number of rotatable bonds is 5. The summed E-state index contributed by atoms with van der Waals surface area (Å²) in [7, 11) is -3.50. The smallest absolute Gasteiger partial charge is 0.243 e. The molecular formula is C13H15N3O4S. The van der Waals surface area contributed by atoms with Gasteiger partial charge in [-0.25, -0.2) is 13.1 Å². The van der Waals surface area contributed by atoms with Gasteiger partial charge >= 0.3 is 0 Å². The number of ether oxygens (including phenoxy) is 2. The zero-order valence-electron chi connectivity index (χ0n) is 11.2. The Kier molecular flexibility index (Phi) is 3.80. The molecule has 0 spiro atoms. The van der Waals surface area contributed by atoms with Crippen LogP contribution >= 0.6 is 0 Å². The second-order valence-electron chi connectivity index (χ2n) is 4.56. The number of hydrogen-bond donors (Lipinski definition) is 2. The van der Waals surface area contributed by atoms with Gasteiger partial charge in [-0.3, -0.25) is 5.10 Å². The van der Waals surface area contributed by atoms with Crippen molar-refractivity contribution in [1.29, 1.82) is 0 Å². The highest BCUT2D eigenvalue weighted by Gasteiger charge is 2.15. The zero-order valence-corrected chi connectivity index (χ0v) is 12.0. The van der Waals surface area contributed by atoms with Gasteiger partial charge in [-0.1, -0.05) is 6.07 Å². The summed E-state index contributed by atoms with van der Waals surface area (Å²) in [6.07, 6.45) is 3.17. The molecular weight excluding hydrogens is 294 g/mol. The van der Waals surface area contributed by atoms with E-state index in [0.717, 1.165) is 11.3 Å². The Morgan fingerprint density at radius 1 is 1.24 bits per heavy atom. The Morgan fingerprint density at radius 2 is 2.05 bits per heavy atom. The van der Waals surface area contributed by atoms with Gasteiger partial charge in [-0.2, -0.15) is 5.10 Å². The van der Waals surface area contributed by atoms with E-state index >= 15 is 0 Å². The summed E-state index contributed by atoms with van der Waals surface area (Å²) >= 11 is 0. The number of sulfonamides is 1. The number of H-pyrrole nitrogens is 1. The minimum atomic E-state index is -3.50. The molecule has 3 rings (SSSR count). The summed E-state index contributed by atoms with van der Waals surface area (Å²) in [5, 5.41) is 6.11. The Hall–Kier alpha value is -2.06. The third-order valence-electron chi connectivity index (χ3n) is 3.10. The minimum Gasteiger partial charge on any atom is -0.486 e. The first kappa shape index (κ1) is 13.9. The van der Waals surface area contributed by atoms with E-state index in [1.807, 2.05) is 18.2 Å². The molecule has 0 atom stereocenters. The molecule has 1 aromatic heterocycles. The van der Waals surface area contributed by atoms with E-state index in [1.165, 1.54) is 12.4 Å². The van der Waals surface area contributed by atoms with Crippen LogP contribution in [0.1, 0.15) is 5.56 Å². The van der Waals surface area contributed by atoms with Crippen molar-refractivity contribution in [3.63, 3.8) is 0 Å². The van der Waals surface area contributed by atoms with E-state index in [2.05, 4.69) is 14.9 Å². The summed E-state index contributed by atoms with van der Waals surface area (Å²) in [4.78, 5) is 0.129. The van der Waals surface area contributed by atoms with Crippen LogP contribution in [-0.2, 0) is 16.4 Å². The fraction of sp³-hybridized carbons (Fsp3) is 0.308. The van der Waals surface area contributed by atoms with Crippen LogP contribution in [0.15, 0.2) is 35.5 Å². The molecule has 0 radical (unpaired) electrons. The van der Waals surface area contributed by atoms with Gasteiger partial charge in [-0.05, 0) is 24.1 Å². The second-order valence-corrected chi connectivity index (χ2v) is 6.33. The van der Waals surface area contributed by atoms with Gasteiger partial charge in [0, 0.05) is 12.7 Å². The van der Waals surface area contributed by atoms with Gasteiger partial charge in [0.1, 0.15) is 18.1 Å². The highest BCUT2D eigenvalue weighted by Crippen LogP contribution is 2.30. The average molecular weight is 309 g/mol. The van der Waals surface area contributed by atoms with Crippen LogP contribution in [0.2, 0.25) is 0 Å². The number of aromatic nitrogens is 2. The lowest BCUT2D eigenvalue weighted by Crippen LogP contribution is -2.25. The molecule has 7 nitrogen and oxygen atoms in total. The quantitative estimate of drug-likeness (QED) is 0.848. The average Bonchev–Trinajstić information content (AvgIpc) is 3.02. The number of aromatic amines is 1. The molecule has 2 heterocycles. The normalized spacial score (nSPS) is 14.1. The van der Waals surface area contributed by atoms with Crippen molar-refractivity contribution in [1.82, 2.24) is 14.9 Å². The van der Waals surface area contributed by atoms with Crippen molar-refractivity contribution >= 4 is 10.0 Å². The van der Waals surface area contributed by atoms with E-state index in [-0.39, 0.29) is 4.90 Å². The van der Waals surface area contributed by atoms with Crippen molar-refractivity contribution in [3.8, 4) is 11.5 Å². The predicted molar refractivity (Wildman–Crippen MR) is 74.9 cm³/mol. The Labute approximate surface area is 122 Å². The molecule has 8 heteroatoms. The van der Waals surface area contributed by atoms with Gasteiger partial charge in [0.05, 0.1) is 6.20 Å². The number of nitrogens with zero attached hydrogens (tertiary/aromatic N) is 1. The van der Waals surface area contributed by atoms with E-state index in [1.54, 1.807) is 0 Å². The predicted octanol–water partition coefficient (Wildman–Crippen LogP) is 0.702. The Bertz CT molecular complexity index is 713. The van der Waals surface area contributed by atoms with E-state index < -0.39 is 10.0 Å². The van der Waals surface area contributed by atoms with Crippen LogP contribution in [0.25, 0.3) is 0 Å². The summed E-state index contributed by atoms with van der Waals surface area (Å²) in [6, 6.07) is 5.62. The van der Waals surface area contributed by atoms with Crippen molar-refractivity contribution in [2.24, 2.45) is 0 Å². The minimum absolute atomic E-state index is 0.129. The molecule has 2 aromatic rings. The Morgan fingerprint density at radius 3 is 2.81 bits per heavy atom. The lowest BCUT2D eigenvalue weighted by molar-refractivity contribution is 0.171. The molecule has 112 valence electrons. The molecule has 2 N–H and O–H groups in total. The van der Waals surface area contributed by atoms with Gasteiger partial charge < -0.3 is 9.47 Å². The van der Waals surface area contributed by atoms with E-state index in [0.29, 0.717) is 31.9 Å². The van der Waals surface area contributed by atoms with E-state index in [4.69, 9.17) is 9.47 Å². The highest BCUT2D eigenvalue weighted by molar-refractivity contribution is 7.89. The number of benzene rings is 1. The summed E-state index contributed by atoms with van der Waals surface area (Å²) < 4.78 is 37.3. The number of hydrogen-bond acceptors (Lipinski definition) is 5. The monoisotopic (exact) mass is 309 g/mol. The van der Waals surface area contributed by atoms with Crippen LogP contribution in [0.3, 0.4) is 0 Å². The number of nitrogens with one attached hydrogen (secondary N) is 2. The summed E-state index contributed by atoms with van der Waals surface area (Å²) in [5.74, 6) is 1.43. The zero-order chi connectivity index (χ0) is 14.7. The first-order valence-corrected chi connectivity index (χ1v) is 8.00. The van der Waals surface area contributed by atoms with Crippen LogP contribution < -0.4 is 14.2 Å². The van der Waals surface area contributed by atoms with Gasteiger partial charge in [0.25, 0.3) is 0 Å². The fourth-order valence-corrected chi connectivity index (χ4v) is 2.98. The maximum atomic E-state index is 11.9. The maximum Gasteiger partial charge on any atom is 0.243 e. The summed E-state index contributed by atoms with van der Waals surface area (Å²) in [6.45, 7) is 1.38. The molecule has 0 fully saturated rings. The van der Waals surface area contributed by atoms with Crippen LogP contribution in [0.4, 0.5) is 0 Å². The van der Waals surface area contributed by atoms with Crippen LogP contribution in [-0.4, -0.2) is 38.4 Å². The topological polar surface area (TPSA) is 93.3 Å². The first-order chi connectivity index (χ1) is 10.1. The first-order valence-electron chi connectivity index (χ1n) is 6.52. The molecule has 1 aromatic carbocycles. The van der Waals surface area contributed by atoms with E-state index in [9.17, 15) is 8.42 Å². The van der Waals surface area contributed by atoms with Crippen molar-refractivity contribution in [2.75, 3.05) is 19.8 Å². The van der Waals surface area contributed by atoms with Crippen LogP contribution in [0.5, 0.6) is 11.5 Å². The Balaban J connectivity index is 1.61. The summed E-state index contributed by atoms with van der Waals surface area (Å²) in [5.41, 5.74) is 0.981. The van der Waals surface area contributed by atoms with Gasteiger partial charge in [0.2, 0.25) is 10.0 Å². The molecule has 0 amide bonds. The molecule has 1 aliphatic heterocycles. The fourth-order valence-electron chi connectivity index (χ4n) is 2.04. The van der Waals surface area contributed by atoms with Crippen LogP contribution in [0, 0.1) is 0 Å². The standard InChI is InChI=1S/C13H15N3O4S/c17-21(18,11-8-14-15-9-11)16-4-3-10-1-2-12-13(7-10)20-6-5-19-12/h1-2,7-9,16H,3-6H2,(H,14,15). The van der Waals surface area contributed by atoms with Gasteiger partial charge in [0.15, 0.2) is 11.5 Å². The second kappa shape index (κ2) is 5.74. The molecule has 0 bridgehead atoms. The molecule has 1 aliphatic rings. The van der Waals surface area contributed by atoms with Crippen molar-refractivity contribution in [3.05, 3.63) is 36.2 Å². The SMILES string of the molecule is O=S(=O)(NCCc1ccc2c(c1)OCCO2)c1cn[nH]c1.